The average Bonchev–Trinajstić information content (AvgIpc) is 3.66. The highest BCUT2D eigenvalue weighted by Gasteiger charge is 2.21. The van der Waals surface area contributed by atoms with E-state index in [1.807, 2.05) is 53.8 Å². The number of hydrogen-bond acceptors (Lipinski definition) is 5. The number of nitrogens with zero attached hydrogens (tertiary/aromatic N) is 2. The van der Waals surface area contributed by atoms with Gasteiger partial charge in [0.1, 0.15) is 23.2 Å². The lowest BCUT2D eigenvalue weighted by molar-refractivity contribution is 0.668. The third kappa shape index (κ3) is 4.21. The minimum atomic E-state index is -0.245. The number of amidine groups is 2. The quantitative estimate of drug-likeness (QED) is 0.224. The summed E-state index contributed by atoms with van der Waals surface area (Å²) in [7, 11) is 0. The molecule has 5 heteroatoms. The van der Waals surface area contributed by atoms with E-state index in [0.29, 0.717) is 5.84 Å². The van der Waals surface area contributed by atoms with Crippen molar-refractivity contribution in [3.05, 3.63) is 156 Å². The normalized spacial score (nSPS) is 15.0. The summed E-state index contributed by atoms with van der Waals surface area (Å²) in [5.74, 6) is 1.50. The maximum atomic E-state index is 6.30. The molecule has 1 N–H and O–H groups in total. The monoisotopic (exact) mass is 583 g/mol. The van der Waals surface area contributed by atoms with Gasteiger partial charge in [-0.3, -0.25) is 0 Å². The van der Waals surface area contributed by atoms with Crippen molar-refractivity contribution < 1.29 is 4.42 Å². The molecule has 0 saturated heterocycles. The van der Waals surface area contributed by atoms with Gasteiger partial charge in [-0.2, -0.15) is 0 Å². The standard InChI is InChI=1S/C39H25N3OS/c1-3-9-24(10-4-1)37-40-38(25-11-5-2-6-12-25)42-39(41-37)28-16-19-34-31(23-28)30-21-26(15-18-33(30)43-34)27-17-20-36-32(22-27)29-13-7-8-14-35(29)44-36/h1-23,37H,(H,40,41,42). The van der Waals surface area contributed by atoms with Crippen LogP contribution in [0.3, 0.4) is 0 Å². The van der Waals surface area contributed by atoms with E-state index in [4.69, 9.17) is 14.4 Å². The predicted octanol–water partition coefficient (Wildman–Crippen LogP) is 10.1. The zero-order valence-electron chi connectivity index (χ0n) is 23.6. The number of rotatable bonds is 4. The number of furan rings is 1. The molecule has 8 aromatic rings. The van der Waals surface area contributed by atoms with Crippen LogP contribution in [0, 0.1) is 0 Å². The van der Waals surface area contributed by atoms with Gasteiger partial charge in [0.2, 0.25) is 0 Å². The summed E-state index contributed by atoms with van der Waals surface area (Å²) in [5.41, 5.74) is 7.13. The van der Waals surface area contributed by atoms with Crippen LogP contribution in [0.2, 0.25) is 0 Å². The van der Waals surface area contributed by atoms with Gasteiger partial charge in [-0.1, -0.05) is 91.0 Å². The van der Waals surface area contributed by atoms with Crippen molar-refractivity contribution in [2.45, 2.75) is 6.17 Å². The molecule has 3 heterocycles. The Morgan fingerprint density at radius 3 is 1.93 bits per heavy atom. The van der Waals surface area contributed by atoms with E-state index in [-0.39, 0.29) is 6.17 Å². The van der Waals surface area contributed by atoms with Gasteiger partial charge in [-0.05, 0) is 65.2 Å². The summed E-state index contributed by atoms with van der Waals surface area (Å²) in [4.78, 5) is 10.1. The molecule has 1 aliphatic rings. The first-order valence-corrected chi connectivity index (χ1v) is 15.5. The van der Waals surface area contributed by atoms with Gasteiger partial charge >= 0.3 is 0 Å². The molecule has 1 unspecified atom stereocenters. The topological polar surface area (TPSA) is 49.9 Å². The van der Waals surface area contributed by atoms with Crippen LogP contribution < -0.4 is 5.32 Å². The molecule has 208 valence electrons. The molecule has 1 atom stereocenters. The van der Waals surface area contributed by atoms with E-state index >= 15 is 0 Å². The molecule has 0 spiro atoms. The third-order valence-electron chi connectivity index (χ3n) is 8.34. The number of benzene rings is 6. The molecule has 0 aliphatic carbocycles. The molecule has 0 amide bonds. The zero-order valence-corrected chi connectivity index (χ0v) is 24.4. The second-order valence-electron chi connectivity index (χ2n) is 11.1. The molecular formula is C39H25N3OS. The lowest BCUT2D eigenvalue weighted by Gasteiger charge is -2.23. The SMILES string of the molecule is c1ccc(C2=NC(c3ccc4oc5ccc(-c6ccc7sc8ccccc8c7c6)cc5c4c3)=NC(c3ccccc3)N2)cc1. The molecule has 4 nitrogen and oxygen atoms in total. The van der Waals surface area contributed by atoms with Crippen molar-refractivity contribution in [3.63, 3.8) is 0 Å². The molecule has 0 bridgehead atoms. The summed E-state index contributed by atoms with van der Waals surface area (Å²) < 4.78 is 8.92. The van der Waals surface area contributed by atoms with Gasteiger partial charge in [-0.15, -0.1) is 11.3 Å². The van der Waals surface area contributed by atoms with Gasteiger partial charge in [0.15, 0.2) is 5.84 Å². The Balaban J connectivity index is 1.17. The Bertz CT molecular complexity index is 2420. The minimum Gasteiger partial charge on any atom is -0.456 e. The smallest absolute Gasteiger partial charge is 0.159 e. The number of aliphatic imine (C=N–C) groups is 2. The summed E-state index contributed by atoms with van der Waals surface area (Å²) >= 11 is 1.84. The summed E-state index contributed by atoms with van der Waals surface area (Å²) in [6.07, 6.45) is -0.245. The molecule has 9 rings (SSSR count). The van der Waals surface area contributed by atoms with Crippen LogP contribution in [0.4, 0.5) is 0 Å². The fourth-order valence-electron chi connectivity index (χ4n) is 6.13. The van der Waals surface area contributed by atoms with Crippen molar-refractivity contribution in [2.75, 3.05) is 0 Å². The van der Waals surface area contributed by atoms with Crippen LogP contribution in [0.1, 0.15) is 22.9 Å². The molecule has 6 aromatic carbocycles. The number of nitrogens with one attached hydrogen (secondary N) is 1. The van der Waals surface area contributed by atoms with E-state index in [0.717, 1.165) is 50.0 Å². The van der Waals surface area contributed by atoms with Crippen LogP contribution in [-0.2, 0) is 0 Å². The highest BCUT2D eigenvalue weighted by molar-refractivity contribution is 7.25. The van der Waals surface area contributed by atoms with Gasteiger partial charge in [0.05, 0.1) is 0 Å². The van der Waals surface area contributed by atoms with Gasteiger partial charge in [0.25, 0.3) is 0 Å². The van der Waals surface area contributed by atoms with E-state index in [9.17, 15) is 0 Å². The van der Waals surface area contributed by atoms with Crippen LogP contribution in [0.5, 0.6) is 0 Å². The van der Waals surface area contributed by atoms with Crippen molar-refractivity contribution in [2.24, 2.45) is 9.98 Å². The third-order valence-corrected chi connectivity index (χ3v) is 9.49. The zero-order chi connectivity index (χ0) is 29.0. The van der Waals surface area contributed by atoms with Gasteiger partial charge in [0, 0.05) is 42.1 Å². The maximum absolute atomic E-state index is 6.30. The number of hydrogen-bond donors (Lipinski definition) is 1. The van der Waals surface area contributed by atoms with Crippen LogP contribution in [0.25, 0.3) is 53.2 Å². The number of thiophene rings is 1. The van der Waals surface area contributed by atoms with Crippen molar-refractivity contribution in [3.8, 4) is 11.1 Å². The van der Waals surface area contributed by atoms with Crippen LogP contribution in [0.15, 0.2) is 154 Å². The Morgan fingerprint density at radius 1 is 0.523 bits per heavy atom. The minimum absolute atomic E-state index is 0.245. The summed E-state index contributed by atoms with van der Waals surface area (Å²) in [5, 5.41) is 8.27. The van der Waals surface area contributed by atoms with E-state index < -0.39 is 0 Å². The molecular weight excluding hydrogens is 559 g/mol. The fraction of sp³-hybridized carbons (Fsp3) is 0.0256. The average molecular weight is 584 g/mol. The highest BCUT2D eigenvalue weighted by Crippen LogP contribution is 2.38. The Kier molecular flexibility index (Phi) is 5.71. The number of fused-ring (bicyclic) bond motifs is 6. The molecule has 0 fully saturated rings. The molecule has 2 aromatic heterocycles. The van der Waals surface area contributed by atoms with Crippen LogP contribution >= 0.6 is 11.3 Å². The fourth-order valence-corrected chi connectivity index (χ4v) is 7.22. The first kappa shape index (κ1) is 25.0. The molecule has 44 heavy (non-hydrogen) atoms. The van der Waals surface area contributed by atoms with Crippen LogP contribution in [-0.4, -0.2) is 11.7 Å². The van der Waals surface area contributed by atoms with E-state index in [1.165, 1.54) is 25.7 Å². The summed E-state index contributed by atoms with van der Waals surface area (Å²) in [6.45, 7) is 0. The largest absolute Gasteiger partial charge is 0.456 e. The second-order valence-corrected chi connectivity index (χ2v) is 12.2. The van der Waals surface area contributed by atoms with Crippen molar-refractivity contribution >= 4 is 65.1 Å². The Hall–Kier alpha value is -5.52. The van der Waals surface area contributed by atoms with E-state index in [2.05, 4.69) is 102 Å². The maximum Gasteiger partial charge on any atom is 0.159 e. The molecule has 0 saturated carbocycles. The predicted molar refractivity (Wildman–Crippen MR) is 184 cm³/mol. The van der Waals surface area contributed by atoms with Gasteiger partial charge < -0.3 is 9.73 Å². The lowest BCUT2D eigenvalue weighted by atomic mass is 10.00. The highest BCUT2D eigenvalue weighted by atomic mass is 32.1. The Morgan fingerprint density at radius 2 is 1.14 bits per heavy atom. The van der Waals surface area contributed by atoms with E-state index in [1.54, 1.807) is 0 Å². The second kappa shape index (κ2) is 10.0. The lowest BCUT2D eigenvalue weighted by Crippen LogP contribution is -2.33. The first-order chi connectivity index (χ1) is 21.8. The molecule has 0 radical (unpaired) electrons. The Labute approximate surface area is 257 Å². The molecule has 1 aliphatic heterocycles. The van der Waals surface area contributed by atoms with Crippen molar-refractivity contribution in [1.82, 2.24) is 5.32 Å². The summed E-state index contributed by atoms with van der Waals surface area (Å²) in [6, 6.07) is 48.7. The first-order valence-electron chi connectivity index (χ1n) is 14.7. The van der Waals surface area contributed by atoms with Crippen molar-refractivity contribution in [1.29, 1.82) is 0 Å². The van der Waals surface area contributed by atoms with Gasteiger partial charge in [-0.25, -0.2) is 9.98 Å².